The number of hydroxylamine groups is 2. The highest BCUT2D eigenvalue weighted by molar-refractivity contribution is 6.14. The predicted molar refractivity (Wildman–Crippen MR) is 90.4 cm³/mol. The van der Waals surface area contributed by atoms with E-state index in [1.54, 1.807) is 18.2 Å². The van der Waals surface area contributed by atoms with Gasteiger partial charge in [-0.05, 0) is 30.5 Å². The van der Waals surface area contributed by atoms with Crippen LogP contribution in [0.2, 0.25) is 0 Å². The summed E-state index contributed by atoms with van der Waals surface area (Å²) in [5, 5.41) is 1.78. The first-order valence-electron chi connectivity index (χ1n) is 8.21. The molecule has 2 aliphatic rings. The Balaban J connectivity index is 1.98. The van der Waals surface area contributed by atoms with Crippen LogP contribution in [-0.4, -0.2) is 42.6 Å². The zero-order chi connectivity index (χ0) is 17.5. The predicted octanol–water partition coefficient (Wildman–Crippen LogP) is 2.55. The molecular weight excluding hydrogens is 306 g/mol. The number of ketones is 1. The fourth-order valence-electron chi connectivity index (χ4n) is 3.87. The summed E-state index contributed by atoms with van der Waals surface area (Å²) in [5.41, 5.74) is 2.55. The van der Waals surface area contributed by atoms with Crippen LogP contribution in [0.25, 0.3) is 6.08 Å². The second-order valence-electron chi connectivity index (χ2n) is 6.61. The number of piperidine rings is 1. The molecule has 1 aromatic rings. The van der Waals surface area contributed by atoms with Crippen LogP contribution in [0, 0.1) is 13.8 Å². The molecule has 0 bridgehead atoms. The molecule has 0 aromatic heterocycles. The van der Waals surface area contributed by atoms with Crippen LogP contribution >= 0.6 is 0 Å². The highest BCUT2D eigenvalue weighted by Crippen LogP contribution is 2.42. The molecule has 0 saturated carbocycles. The molecule has 3 rings (SSSR count). The van der Waals surface area contributed by atoms with Gasteiger partial charge >= 0.3 is 5.97 Å². The number of carbonyl (C=O) groups is 2. The summed E-state index contributed by atoms with van der Waals surface area (Å²) in [6, 6.07) is 3.94. The van der Waals surface area contributed by atoms with Gasteiger partial charge in [0.15, 0.2) is 11.4 Å². The Morgan fingerprint density at radius 2 is 1.96 bits per heavy atom. The maximum atomic E-state index is 13.2. The Bertz CT molecular complexity index is 702. The monoisotopic (exact) mass is 329 g/mol. The largest absolute Gasteiger partial charge is 0.450 e. The number of nitrogens with zero attached hydrogens (tertiary/aromatic N) is 1. The third-order valence-electron chi connectivity index (χ3n) is 5.10. The first-order valence-corrected chi connectivity index (χ1v) is 8.21. The van der Waals surface area contributed by atoms with E-state index in [0.717, 1.165) is 22.3 Å². The molecule has 0 radical (unpaired) electrons. The molecule has 128 valence electrons. The summed E-state index contributed by atoms with van der Waals surface area (Å²) in [5.74, 6) is -1.42. The minimum atomic E-state index is -1.01. The van der Waals surface area contributed by atoms with E-state index in [9.17, 15) is 9.59 Å². The van der Waals surface area contributed by atoms with E-state index in [-0.39, 0.29) is 5.78 Å². The molecule has 2 saturated heterocycles. The van der Waals surface area contributed by atoms with Gasteiger partial charge in [-0.1, -0.05) is 30.4 Å². The molecule has 24 heavy (non-hydrogen) atoms. The summed E-state index contributed by atoms with van der Waals surface area (Å²) >= 11 is 0. The fourth-order valence-corrected chi connectivity index (χ4v) is 3.87. The van der Waals surface area contributed by atoms with Gasteiger partial charge in [0.25, 0.3) is 0 Å². The maximum Gasteiger partial charge on any atom is 0.322 e. The van der Waals surface area contributed by atoms with Crippen molar-refractivity contribution in [2.45, 2.75) is 38.2 Å². The van der Waals surface area contributed by atoms with Crippen LogP contribution in [0.1, 0.15) is 41.0 Å². The number of esters is 1. The molecule has 2 fully saturated rings. The number of ether oxygens (including phenoxy) is 1. The van der Waals surface area contributed by atoms with E-state index in [2.05, 4.69) is 6.58 Å². The van der Waals surface area contributed by atoms with Crippen LogP contribution in [0.15, 0.2) is 18.7 Å². The van der Waals surface area contributed by atoms with Crippen molar-refractivity contribution >= 4 is 17.8 Å². The number of carbonyl (C=O) groups excluding carboxylic acids is 2. The Labute approximate surface area is 142 Å². The summed E-state index contributed by atoms with van der Waals surface area (Å²) < 4.78 is 5.64. The third-order valence-corrected chi connectivity index (χ3v) is 5.10. The normalized spacial score (nSPS) is 23.5. The van der Waals surface area contributed by atoms with Gasteiger partial charge < -0.3 is 9.57 Å². The van der Waals surface area contributed by atoms with Crippen molar-refractivity contribution in [1.29, 1.82) is 0 Å². The Kier molecular flexibility index (Phi) is 4.32. The van der Waals surface area contributed by atoms with Crippen molar-refractivity contribution in [3.63, 3.8) is 0 Å². The zero-order valence-electron chi connectivity index (χ0n) is 14.4. The molecular formula is C19H23NO4. The number of rotatable bonds is 3. The van der Waals surface area contributed by atoms with Crippen molar-refractivity contribution in [3.8, 4) is 0 Å². The van der Waals surface area contributed by atoms with Gasteiger partial charge in [-0.25, -0.2) is 0 Å². The average Bonchev–Trinajstić information content (AvgIpc) is 2.79. The smallest absolute Gasteiger partial charge is 0.322 e. The lowest BCUT2D eigenvalue weighted by molar-refractivity contribution is -0.184. The second kappa shape index (κ2) is 6.15. The van der Waals surface area contributed by atoms with Crippen molar-refractivity contribution in [1.82, 2.24) is 5.06 Å². The molecule has 0 N–H and O–H groups in total. The van der Waals surface area contributed by atoms with E-state index < -0.39 is 17.5 Å². The average molecular weight is 329 g/mol. The molecule has 1 unspecified atom stereocenters. The quantitative estimate of drug-likeness (QED) is 0.630. The van der Waals surface area contributed by atoms with Gasteiger partial charge in [-0.15, -0.1) is 0 Å². The number of Topliss-reactive ketones (excluding diaryl/α,β-unsaturated/α-hetero) is 1. The molecule has 1 spiro atoms. The first-order chi connectivity index (χ1) is 11.4. The van der Waals surface area contributed by atoms with E-state index in [1.165, 1.54) is 0 Å². The fraction of sp³-hybridized carbons (Fsp3) is 0.474. The number of benzene rings is 1. The Morgan fingerprint density at radius 1 is 1.29 bits per heavy atom. The first kappa shape index (κ1) is 16.9. The highest BCUT2D eigenvalue weighted by atomic mass is 16.7. The highest BCUT2D eigenvalue weighted by Gasteiger charge is 2.57. The molecule has 1 atom stereocenters. The van der Waals surface area contributed by atoms with Crippen LogP contribution in [0.3, 0.4) is 0 Å². The minimum absolute atomic E-state index is 0.127. The zero-order valence-corrected chi connectivity index (χ0v) is 14.4. The van der Waals surface area contributed by atoms with Crippen LogP contribution in [-0.2, 0) is 19.2 Å². The van der Waals surface area contributed by atoms with Crippen molar-refractivity contribution in [3.05, 3.63) is 41.0 Å². The van der Waals surface area contributed by atoms with E-state index >= 15 is 0 Å². The number of aryl methyl sites for hydroxylation is 2. The third kappa shape index (κ3) is 2.58. The lowest BCUT2D eigenvalue weighted by atomic mass is 9.79. The molecule has 2 heterocycles. The second-order valence-corrected chi connectivity index (χ2v) is 6.61. The van der Waals surface area contributed by atoms with Gasteiger partial charge in [-0.2, -0.15) is 5.06 Å². The Hall–Kier alpha value is -1.98. The molecule has 2 aliphatic heterocycles. The molecule has 5 heteroatoms. The summed E-state index contributed by atoms with van der Waals surface area (Å²) in [6.45, 7) is 8.89. The number of hydrogen-bond acceptors (Lipinski definition) is 5. The molecule has 0 aliphatic carbocycles. The van der Waals surface area contributed by atoms with Crippen LogP contribution in [0.5, 0.6) is 0 Å². The maximum absolute atomic E-state index is 13.2. The summed E-state index contributed by atoms with van der Waals surface area (Å²) in [7, 11) is 1.61. The Morgan fingerprint density at radius 3 is 2.54 bits per heavy atom. The van der Waals surface area contributed by atoms with Crippen LogP contribution in [0.4, 0.5) is 0 Å². The van der Waals surface area contributed by atoms with Crippen LogP contribution < -0.4 is 0 Å². The standard InChI is InChI=1S/C19H23NO4/c1-5-14-11-12(2)10-13(3)15(14)16-17(21)19(24-18(16)22)6-8-20(23-4)9-7-19/h5,10-11,16H,1,6-9H2,2-4H3. The molecule has 1 aromatic carbocycles. The SMILES string of the molecule is C=Cc1cc(C)cc(C)c1C1C(=O)OC2(CCN(OC)CC2)C1=O. The molecule has 0 amide bonds. The van der Waals surface area contributed by atoms with Gasteiger partial charge in [0, 0.05) is 25.9 Å². The van der Waals surface area contributed by atoms with E-state index in [0.29, 0.717) is 25.9 Å². The lowest BCUT2D eigenvalue weighted by Gasteiger charge is -2.35. The van der Waals surface area contributed by atoms with E-state index in [1.807, 2.05) is 26.0 Å². The van der Waals surface area contributed by atoms with Gasteiger partial charge in [-0.3, -0.25) is 9.59 Å². The van der Waals surface area contributed by atoms with Gasteiger partial charge in [0.2, 0.25) is 0 Å². The van der Waals surface area contributed by atoms with Crippen molar-refractivity contribution in [2.75, 3.05) is 20.2 Å². The van der Waals surface area contributed by atoms with Crippen molar-refractivity contribution < 1.29 is 19.2 Å². The van der Waals surface area contributed by atoms with Gasteiger partial charge in [0.05, 0.1) is 7.11 Å². The molecule has 5 nitrogen and oxygen atoms in total. The van der Waals surface area contributed by atoms with E-state index in [4.69, 9.17) is 9.57 Å². The summed E-state index contributed by atoms with van der Waals surface area (Å²) in [6.07, 6.45) is 2.64. The van der Waals surface area contributed by atoms with Gasteiger partial charge in [0.1, 0.15) is 5.92 Å². The number of hydrogen-bond donors (Lipinski definition) is 0. The summed E-state index contributed by atoms with van der Waals surface area (Å²) in [4.78, 5) is 31.0. The van der Waals surface area contributed by atoms with Crippen molar-refractivity contribution in [2.24, 2.45) is 0 Å². The topological polar surface area (TPSA) is 55.8 Å². The lowest BCUT2D eigenvalue weighted by Crippen LogP contribution is -2.48. The minimum Gasteiger partial charge on any atom is -0.450 e.